The number of hydrogen-bond acceptors (Lipinski definition) is 2. The van der Waals surface area contributed by atoms with Crippen LogP contribution in [0.5, 0.6) is 0 Å². The van der Waals surface area contributed by atoms with Gasteiger partial charge in [-0.15, -0.1) is 0 Å². The number of amides is 1. The van der Waals surface area contributed by atoms with Crippen molar-refractivity contribution in [1.29, 1.82) is 0 Å². The van der Waals surface area contributed by atoms with E-state index in [0.717, 1.165) is 5.56 Å². The molecule has 0 bridgehead atoms. The Hall–Kier alpha value is -1.55. The molecule has 0 aromatic heterocycles. The van der Waals surface area contributed by atoms with Crippen LogP contribution in [0.4, 0.5) is 5.69 Å². The molecule has 0 aliphatic rings. The predicted molar refractivity (Wildman–Crippen MR) is 81.6 cm³/mol. The maximum Gasteiger partial charge on any atom is 0.257 e. The molecule has 0 atom stereocenters. The van der Waals surface area contributed by atoms with Crippen LogP contribution in [0.3, 0.4) is 0 Å². The minimum absolute atomic E-state index is 0.103. The smallest absolute Gasteiger partial charge is 0.257 e. The molecule has 0 unspecified atom stereocenters. The molecule has 0 aliphatic heterocycles. The lowest BCUT2D eigenvalue weighted by Gasteiger charge is -2.08. The van der Waals surface area contributed by atoms with Gasteiger partial charge < -0.3 is 10.4 Å². The number of carbonyl (C=O) groups excluding carboxylic acids is 1. The first-order valence-electron chi connectivity index (χ1n) is 6.06. The van der Waals surface area contributed by atoms with Crippen LogP contribution in [0, 0.1) is 0 Å². The van der Waals surface area contributed by atoms with Gasteiger partial charge in [0.25, 0.3) is 5.91 Å². The van der Waals surface area contributed by atoms with Gasteiger partial charge in [-0.05, 0) is 42.3 Å². The molecule has 2 aromatic rings. The zero-order valence-corrected chi connectivity index (χ0v) is 12.1. The molecule has 2 N–H and O–H groups in total. The number of halogens is 2. The molecule has 0 saturated heterocycles. The molecule has 104 valence electrons. The molecule has 0 saturated carbocycles. The first-order chi connectivity index (χ1) is 9.60. The summed E-state index contributed by atoms with van der Waals surface area (Å²) in [5, 5.41) is 12.4. The van der Waals surface area contributed by atoms with Crippen molar-refractivity contribution in [1.82, 2.24) is 0 Å². The number of benzene rings is 2. The fourth-order valence-electron chi connectivity index (χ4n) is 1.76. The third-order valence-corrected chi connectivity index (χ3v) is 3.34. The number of hydrogen-bond donors (Lipinski definition) is 2. The lowest BCUT2D eigenvalue weighted by atomic mass is 10.1. The summed E-state index contributed by atoms with van der Waals surface area (Å²) < 4.78 is 0. The number of anilines is 1. The monoisotopic (exact) mass is 309 g/mol. The van der Waals surface area contributed by atoms with E-state index in [0.29, 0.717) is 27.7 Å². The van der Waals surface area contributed by atoms with Gasteiger partial charge in [-0.25, -0.2) is 0 Å². The molecule has 0 heterocycles. The number of nitrogens with one attached hydrogen (secondary N) is 1. The van der Waals surface area contributed by atoms with Gasteiger partial charge in [0.1, 0.15) is 0 Å². The Balaban J connectivity index is 2.11. The van der Waals surface area contributed by atoms with Gasteiger partial charge in [-0.3, -0.25) is 4.79 Å². The largest absolute Gasteiger partial charge is 0.396 e. The van der Waals surface area contributed by atoms with E-state index in [9.17, 15) is 4.79 Å². The van der Waals surface area contributed by atoms with Crippen molar-refractivity contribution in [2.24, 2.45) is 0 Å². The van der Waals surface area contributed by atoms with Crippen molar-refractivity contribution in [3.63, 3.8) is 0 Å². The third-order valence-electron chi connectivity index (χ3n) is 2.79. The van der Waals surface area contributed by atoms with Crippen molar-refractivity contribution in [2.45, 2.75) is 6.42 Å². The first kappa shape index (κ1) is 14.9. The summed E-state index contributed by atoms with van der Waals surface area (Å²) in [6, 6.07) is 12.0. The molecule has 20 heavy (non-hydrogen) atoms. The number of aliphatic hydroxyl groups is 1. The fourth-order valence-corrected chi connectivity index (χ4v) is 2.25. The Labute approximate surface area is 127 Å². The Morgan fingerprint density at radius 2 is 1.80 bits per heavy atom. The first-order valence-corrected chi connectivity index (χ1v) is 6.82. The molecular formula is C15H13Cl2NO2. The standard InChI is InChI=1S/C15H13Cl2NO2/c16-11-3-6-13(14(17)9-11)15(20)18-12-4-1-10(2-5-12)7-8-19/h1-6,9,19H,7-8H2,(H,18,20). The van der Waals surface area contributed by atoms with Crippen molar-refractivity contribution >= 4 is 34.8 Å². The Kier molecular flexibility index (Phi) is 5.01. The van der Waals surface area contributed by atoms with Crippen molar-refractivity contribution in [3.05, 3.63) is 63.6 Å². The molecular weight excluding hydrogens is 297 g/mol. The molecule has 2 rings (SSSR count). The van der Waals surface area contributed by atoms with Crippen molar-refractivity contribution < 1.29 is 9.90 Å². The second-order valence-corrected chi connectivity index (χ2v) is 5.09. The molecule has 0 spiro atoms. The zero-order valence-electron chi connectivity index (χ0n) is 10.6. The van der Waals surface area contributed by atoms with Gasteiger partial charge in [-0.1, -0.05) is 35.3 Å². The highest BCUT2D eigenvalue weighted by atomic mass is 35.5. The second-order valence-electron chi connectivity index (χ2n) is 4.25. The minimum atomic E-state index is -0.290. The van der Waals surface area contributed by atoms with Crippen LogP contribution in [0.25, 0.3) is 0 Å². The van der Waals surface area contributed by atoms with E-state index >= 15 is 0 Å². The van der Waals surface area contributed by atoms with Gasteiger partial charge >= 0.3 is 0 Å². The highest BCUT2D eigenvalue weighted by Gasteiger charge is 2.10. The number of rotatable bonds is 4. The highest BCUT2D eigenvalue weighted by Crippen LogP contribution is 2.22. The zero-order chi connectivity index (χ0) is 14.5. The summed E-state index contributed by atoms with van der Waals surface area (Å²) in [5.41, 5.74) is 2.05. The molecule has 0 radical (unpaired) electrons. The summed E-state index contributed by atoms with van der Waals surface area (Å²) in [4.78, 5) is 12.1. The molecule has 3 nitrogen and oxygen atoms in total. The van der Waals surface area contributed by atoms with Crippen LogP contribution < -0.4 is 5.32 Å². The highest BCUT2D eigenvalue weighted by molar-refractivity contribution is 6.37. The molecule has 5 heteroatoms. The Morgan fingerprint density at radius 3 is 2.40 bits per heavy atom. The van der Waals surface area contributed by atoms with Gasteiger partial charge in [-0.2, -0.15) is 0 Å². The van der Waals surface area contributed by atoms with E-state index in [1.807, 2.05) is 12.1 Å². The molecule has 0 fully saturated rings. The van der Waals surface area contributed by atoms with Crippen LogP contribution in [0.15, 0.2) is 42.5 Å². The van der Waals surface area contributed by atoms with E-state index in [1.54, 1.807) is 24.3 Å². The summed E-state index contributed by atoms with van der Waals surface area (Å²) >= 11 is 11.8. The summed E-state index contributed by atoms with van der Waals surface area (Å²) in [5.74, 6) is -0.290. The Morgan fingerprint density at radius 1 is 1.10 bits per heavy atom. The topological polar surface area (TPSA) is 49.3 Å². The Bertz CT molecular complexity index is 612. The summed E-state index contributed by atoms with van der Waals surface area (Å²) in [7, 11) is 0. The van der Waals surface area contributed by atoms with Gasteiger partial charge in [0.05, 0.1) is 10.6 Å². The lowest BCUT2D eigenvalue weighted by Crippen LogP contribution is -2.12. The van der Waals surface area contributed by atoms with E-state index in [-0.39, 0.29) is 12.5 Å². The maximum atomic E-state index is 12.1. The van der Waals surface area contributed by atoms with Crippen molar-refractivity contribution in [2.75, 3.05) is 11.9 Å². The molecule has 1 amide bonds. The third kappa shape index (κ3) is 3.73. The lowest BCUT2D eigenvalue weighted by molar-refractivity contribution is 0.102. The second kappa shape index (κ2) is 6.75. The normalized spacial score (nSPS) is 10.3. The summed E-state index contributed by atoms with van der Waals surface area (Å²) in [6.45, 7) is 0.103. The minimum Gasteiger partial charge on any atom is -0.396 e. The van der Waals surface area contributed by atoms with E-state index < -0.39 is 0 Å². The predicted octanol–water partition coefficient (Wildman–Crippen LogP) is 3.78. The van der Waals surface area contributed by atoms with Crippen LogP contribution in [0.1, 0.15) is 15.9 Å². The fraction of sp³-hybridized carbons (Fsp3) is 0.133. The van der Waals surface area contributed by atoms with Crippen LogP contribution in [0.2, 0.25) is 10.0 Å². The van der Waals surface area contributed by atoms with Gasteiger partial charge in [0.15, 0.2) is 0 Å². The van der Waals surface area contributed by atoms with Gasteiger partial charge in [0.2, 0.25) is 0 Å². The SMILES string of the molecule is O=C(Nc1ccc(CCO)cc1)c1ccc(Cl)cc1Cl. The number of aliphatic hydroxyl groups excluding tert-OH is 1. The maximum absolute atomic E-state index is 12.1. The quantitative estimate of drug-likeness (QED) is 0.903. The van der Waals surface area contributed by atoms with Crippen molar-refractivity contribution in [3.8, 4) is 0 Å². The average Bonchev–Trinajstić information content (AvgIpc) is 2.41. The molecule has 2 aromatic carbocycles. The van der Waals surface area contributed by atoms with E-state index in [1.165, 1.54) is 6.07 Å². The molecule has 0 aliphatic carbocycles. The number of carbonyl (C=O) groups is 1. The van der Waals surface area contributed by atoms with Crippen LogP contribution in [-0.2, 0) is 6.42 Å². The van der Waals surface area contributed by atoms with Gasteiger partial charge in [0, 0.05) is 17.3 Å². The van der Waals surface area contributed by atoms with E-state index in [4.69, 9.17) is 28.3 Å². The average molecular weight is 310 g/mol. The summed E-state index contributed by atoms with van der Waals surface area (Å²) in [6.07, 6.45) is 0.594. The van der Waals surface area contributed by atoms with Crippen LogP contribution in [-0.4, -0.2) is 17.6 Å². The van der Waals surface area contributed by atoms with Crippen LogP contribution >= 0.6 is 23.2 Å². The van der Waals surface area contributed by atoms with E-state index in [2.05, 4.69) is 5.32 Å².